The van der Waals surface area contributed by atoms with Gasteiger partial charge < -0.3 is 19.9 Å². The highest BCUT2D eigenvalue weighted by atomic mass is 16.5. The van der Waals surface area contributed by atoms with Gasteiger partial charge in [0.25, 0.3) is 0 Å². The van der Waals surface area contributed by atoms with E-state index in [0.717, 1.165) is 18.8 Å². The largest absolute Gasteiger partial charge is 0.492 e. The van der Waals surface area contributed by atoms with Gasteiger partial charge in [-0.05, 0) is 38.7 Å². The second-order valence-corrected chi connectivity index (χ2v) is 7.18. The van der Waals surface area contributed by atoms with Gasteiger partial charge in [-0.1, -0.05) is 26.0 Å². The predicted molar refractivity (Wildman–Crippen MR) is 97.2 cm³/mol. The van der Waals surface area contributed by atoms with E-state index in [9.17, 15) is 4.79 Å². The molecule has 1 fully saturated rings. The van der Waals surface area contributed by atoms with Crippen molar-refractivity contribution in [3.05, 3.63) is 29.8 Å². The van der Waals surface area contributed by atoms with E-state index in [1.807, 2.05) is 45.0 Å². The van der Waals surface area contributed by atoms with Crippen LogP contribution in [0.2, 0.25) is 0 Å². The minimum Gasteiger partial charge on any atom is -0.492 e. The molecule has 1 aliphatic rings. The van der Waals surface area contributed by atoms with Gasteiger partial charge in [0, 0.05) is 31.6 Å². The van der Waals surface area contributed by atoms with Crippen molar-refractivity contribution in [3.63, 3.8) is 0 Å². The van der Waals surface area contributed by atoms with Gasteiger partial charge in [-0.25, -0.2) is 0 Å². The fraction of sp³-hybridized carbons (Fsp3) is 0.632. The third-order valence-corrected chi connectivity index (χ3v) is 4.42. The molecule has 1 saturated heterocycles. The molecule has 2 rings (SSSR count). The summed E-state index contributed by atoms with van der Waals surface area (Å²) in [6, 6.07) is 8.58. The summed E-state index contributed by atoms with van der Waals surface area (Å²) in [6.45, 7) is 9.11. The second kappa shape index (κ2) is 8.49. The molecule has 24 heavy (non-hydrogen) atoms. The fourth-order valence-corrected chi connectivity index (χ4v) is 2.89. The molecule has 0 aliphatic carbocycles. The zero-order chi connectivity index (χ0) is 17.7. The van der Waals surface area contributed by atoms with E-state index in [2.05, 4.69) is 29.3 Å². The van der Waals surface area contributed by atoms with Crippen LogP contribution in [0.4, 0.5) is 0 Å². The van der Waals surface area contributed by atoms with Crippen molar-refractivity contribution in [2.75, 3.05) is 40.3 Å². The summed E-state index contributed by atoms with van der Waals surface area (Å²) in [5.41, 5.74) is 1.17. The SMILES string of the molecule is CC(C)C(=O)N1C[C@H](c2cccc(OCCN(C)C)c2)NC[C@H]1C. The monoisotopic (exact) mass is 333 g/mol. The van der Waals surface area contributed by atoms with E-state index in [-0.39, 0.29) is 23.9 Å². The van der Waals surface area contributed by atoms with Crippen LogP contribution in [-0.4, -0.2) is 62.1 Å². The second-order valence-electron chi connectivity index (χ2n) is 7.18. The Balaban J connectivity index is 2.04. The van der Waals surface area contributed by atoms with Gasteiger partial charge in [0.05, 0.1) is 6.04 Å². The van der Waals surface area contributed by atoms with Crippen LogP contribution in [0.1, 0.15) is 32.4 Å². The topological polar surface area (TPSA) is 44.8 Å². The van der Waals surface area contributed by atoms with Crippen LogP contribution in [0.3, 0.4) is 0 Å². The fourth-order valence-electron chi connectivity index (χ4n) is 2.89. The van der Waals surface area contributed by atoms with Crippen LogP contribution in [0.25, 0.3) is 0 Å². The smallest absolute Gasteiger partial charge is 0.225 e. The summed E-state index contributed by atoms with van der Waals surface area (Å²) in [6.07, 6.45) is 0. The zero-order valence-electron chi connectivity index (χ0n) is 15.6. The Kier molecular flexibility index (Phi) is 6.63. The van der Waals surface area contributed by atoms with Crippen LogP contribution in [-0.2, 0) is 4.79 Å². The Labute approximate surface area is 146 Å². The quantitative estimate of drug-likeness (QED) is 0.866. The van der Waals surface area contributed by atoms with Gasteiger partial charge in [0.15, 0.2) is 0 Å². The molecule has 1 N–H and O–H groups in total. The number of nitrogens with zero attached hydrogens (tertiary/aromatic N) is 2. The molecule has 0 radical (unpaired) electrons. The van der Waals surface area contributed by atoms with Crippen molar-refractivity contribution >= 4 is 5.91 Å². The van der Waals surface area contributed by atoms with Crippen molar-refractivity contribution < 1.29 is 9.53 Å². The Bertz CT molecular complexity index is 545. The number of benzene rings is 1. The number of hydrogen-bond donors (Lipinski definition) is 1. The minimum atomic E-state index is 0.0342. The van der Waals surface area contributed by atoms with Gasteiger partial charge in [-0.15, -0.1) is 0 Å². The number of nitrogens with one attached hydrogen (secondary N) is 1. The lowest BCUT2D eigenvalue weighted by atomic mass is 10.0. The maximum Gasteiger partial charge on any atom is 0.225 e. The van der Waals surface area contributed by atoms with Gasteiger partial charge in [0.2, 0.25) is 5.91 Å². The lowest BCUT2D eigenvalue weighted by Gasteiger charge is -2.40. The van der Waals surface area contributed by atoms with Crippen molar-refractivity contribution in [1.82, 2.24) is 15.1 Å². The number of likely N-dealkylation sites (N-methyl/N-ethyl adjacent to an activating group) is 1. The first-order valence-corrected chi connectivity index (χ1v) is 8.80. The average Bonchev–Trinajstić information content (AvgIpc) is 2.54. The van der Waals surface area contributed by atoms with Crippen molar-refractivity contribution in [3.8, 4) is 5.75 Å². The standard InChI is InChI=1S/C19H31N3O2/c1-14(2)19(23)22-13-18(20-12-15(22)3)16-7-6-8-17(11-16)24-10-9-21(4)5/h6-8,11,14-15,18,20H,9-10,12-13H2,1-5H3/t15-,18-/m1/s1. The number of carbonyl (C=O) groups excluding carboxylic acids is 1. The molecule has 1 aromatic rings. The number of amides is 1. The lowest BCUT2D eigenvalue weighted by Crippen LogP contribution is -2.54. The van der Waals surface area contributed by atoms with Crippen LogP contribution < -0.4 is 10.1 Å². The minimum absolute atomic E-state index is 0.0342. The number of piperazine rings is 1. The highest BCUT2D eigenvalue weighted by Crippen LogP contribution is 2.24. The molecular formula is C19H31N3O2. The normalized spacial score (nSPS) is 21.4. The molecule has 1 heterocycles. The van der Waals surface area contributed by atoms with E-state index < -0.39 is 0 Å². The molecule has 0 aromatic heterocycles. The van der Waals surface area contributed by atoms with E-state index in [1.165, 1.54) is 5.56 Å². The first-order chi connectivity index (χ1) is 11.4. The first-order valence-electron chi connectivity index (χ1n) is 8.80. The number of hydrogen-bond acceptors (Lipinski definition) is 4. The molecule has 5 heteroatoms. The number of carbonyl (C=O) groups is 1. The molecule has 0 unspecified atom stereocenters. The summed E-state index contributed by atoms with van der Waals surface area (Å²) >= 11 is 0. The lowest BCUT2D eigenvalue weighted by molar-refractivity contribution is -0.138. The maximum absolute atomic E-state index is 12.4. The number of rotatable bonds is 6. The maximum atomic E-state index is 12.4. The Morgan fingerprint density at radius 1 is 1.42 bits per heavy atom. The zero-order valence-corrected chi connectivity index (χ0v) is 15.6. The first kappa shape index (κ1) is 18.7. The average molecular weight is 333 g/mol. The van der Waals surface area contributed by atoms with Crippen LogP contribution >= 0.6 is 0 Å². The van der Waals surface area contributed by atoms with Gasteiger partial charge >= 0.3 is 0 Å². The molecule has 1 aliphatic heterocycles. The van der Waals surface area contributed by atoms with Crippen molar-refractivity contribution in [2.45, 2.75) is 32.9 Å². The molecule has 0 spiro atoms. The number of ether oxygens (including phenoxy) is 1. The van der Waals surface area contributed by atoms with E-state index in [1.54, 1.807) is 0 Å². The predicted octanol–water partition coefficient (Wildman–Crippen LogP) is 2.14. The van der Waals surface area contributed by atoms with Gasteiger partial charge in [-0.2, -0.15) is 0 Å². The summed E-state index contributed by atoms with van der Waals surface area (Å²) < 4.78 is 5.83. The van der Waals surface area contributed by atoms with Crippen LogP contribution in [0, 0.1) is 5.92 Å². The molecule has 134 valence electrons. The Morgan fingerprint density at radius 2 is 2.17 bits per heavy atom. The van der Waals surface area contributed by atoms with Crippen molar-refractivity contribution in [2.24, 2.45) is 5.92 Å². The third-order valence-electron chi connectivity index (χ3n) is 4.42. The van der Waals surface area contributed by atoms with Crippen LogP contribution in [0.15, 0.2) is 24.3 Å². The summed E-state index contributed by atoms with van der Waals surface area (Å²) in [7, 11) is 4.07. The molecule has 5 nitrogen and oxygen atoms in total. The van der Waals surface area contributed by atoms with Crippen LogP contribution in [0.5, 0.6) is 5.75 Å². The summed E-state index contributed by atoms with van der Waals surface area (Å²) in [5, 5.41) is 3.55. The van der Waals surface area contributed by atoms with Gasteiger partial charge in [0.1, 0.15) is 12.4 Å². The Hall–Kier alpha value is -1.59. The molecule has 1 aromatic carbocycles. The third kappa shape index (κ3) is 4.95. The molecule has 0 saturated carbocycles. The molecular weight excluding hydrogens is 302 g/mol. The Morgan fingerprint density at radius 3 is 2.83 bits per heavy atom. The molecule has 1 amide bonds. The molecule has 2 atom stereocenters. The van der Waals surface area contributed by atoms with E-state index >= 15 is 0 Å². The van der Waals surface area contributed by atoms with E-state index in [0.29, 0.717) is 13.2 Å². The highest BCUT2D eigenvalue weighted by molar-refractivity contribution is 5.78. The highest BCUT2D eigenvalue weighted by Gasteiger charge is 2.30. The van der Waals surface area contributed by atoms with E-state index in [4.69, 9.17) is 4.74 Å². The van der Waals surface area contributed by atoms with Crippen molar-refractivity contribution in [1.29, 1.82) is 0 Å². The van der Waals surface area contributed by atoms with Gasteiger partial charge in [-0.3, -0.25) is 4.79 Å². The molecule has 0 bridgehead atoms. The summed E-state index contributed by atoms with van der Waals surface area (Å²) in [4.78, 5) is 16.5. The summed E-state index contributed by atoms with van der Waals surface area (Å²) in [5.74, 6) is 1.15.